The van der Waals surface area contributed by atoms with Crippen molar-refractivity contribution >= 4 is 11.3 Å². The third kappa shape index (κ3) is 2.58. The molecule has 20 heavy (non-hydrogen) atoms. The number of phenolic OH excluding ortho intramolecular Hbond substituents is 1. The quantitative estimate of drug-likeness (QED) is 0.752. The summed E-state index contributed by atoms with van der Waals surface area (Å²) < 4.78 is 0. The molecule has 1 heterocycles. The summed E-state index contributed by atoms with van der Waals surface area (Å²) in [5.74, 6) is 0.278. The number of rotatable bonds is 3. The molecule has 0 aliphatic carbocycles. The molecule has 2 aromatic carbocycles. The largest absolute Gasteiger partial charge is 0.508 e. The SMILES string of the molecule is CCc1ccc(-c2csc(-c3ccc(O)cc3)n2)cc1. The molecule has 0 bridgehead atoms. The number of hydrogen-bond donors (Lipinski definition) is 1. The van der Waals surface area contributed by atoms with Crippen molar-refractivity contribution < 1.29 is 5.11 Å². The molecule has 0 atom stereocenters. The van der Waals surface area contributed by atoms with Gasteiger partial charge in [0.2, 0.25) is 0 Å². The molecule has 0 amide bonds. The monoisotopic (exact) mass is 281 g/mol. The van der Waals surface area contributed by atoms with Crippen molar-refractivity contribution in [2.45, 2.75) is 13.3 Å². The molecule has 0 saturated carbocycles. The van der Waals surface area contributed by atoms with Crippen LogP contribution in [0.3, 0.4) is 0 Å². The number of aromatic hydroxyl groups is 1. The van der Waals surface area contributed by atoms with Gasteiger partial charge in [-0.3, -0.25) is 0 Å². The molecule has 3 heteroatoms. The lowest BCUT2D eigenvalue weighted by atomic mass is 10.1. The van der Waals surface area contributed by atoms with E-state index in [0.717, 1.165) is 28.2 Å². The fourth-order valence-electron chi connectivity index (χ4n) is 2.05. The Morgan fingerprint density at radius 1 is 0.950 bits per heavy atom. The zero-order valence-electron chi connectivity index (χ0n) is 11.2. The maximum Gasteiger partial charge on any atom is 0.124 e. The van der Waals surface area contributed by atoms with E-state index in [1.165, 1.54) is 5.56 Å². The van der Waals surface area contributed by atoms with Gasteiger partial charge in [0.15, 0.2) is 0 Å². The Labute approximate surface area is 122 Å². The van der Waals surface area contributed by atoms with Gasteiger partial charge in [-0.2, -0.15) is 0 Å². The van der Waals surface area contributed by atoms with Crippen molar-refractivity contribution in [3.8, 4) is 27.6 Å². The molecule has 1 aromatic heterocycles. The van der Waals surface area contributed by atoms with Gasteiger partial charge in [0, 0.05) is 16.5 Å². The highest BCUT2D eigenvalue weighted by atomic mass is 32.1. The number of thiazole rings is 1. The van der Waals surface area contributed by atoms with Crippen LogP contribution in [-0.2, 0) is 6.42 Å². The Morgan fingerprint density at radius 3 is 2.25 bits per heavy atom. The van der Waals surface area contributed by atoms with Gasteiger partial charge in [0.1, 0.15) is 10.8 Å². The predicted molar refractivity (Wildman–Crippen MR) is 84.0 cm³/mol. The molecule has 3 aromatic rings. The van der Waals surface area contributed by atoms with E-state index in [1.54, 1.807) is 23.5 Å². The summed E-state index contributed by atoms with van der Waals surface area (Å²) in [6.07, 6.45) is 1.05. The lowest BCUT2D eigenvalue weighted by Gasteiger charge is -1.99. The van der Waals surface area contributed by atoms with Crippen molar-refractivity contribution in [1.82, 2.24) is 4.98 Å². The summed E-state index contributed by atoms with van der Waals surface area (Å²) in [7, 11) is 0. The van der Waals surface area contributed by atoms with Gasteiger partial charge >= 0.3 is 0 Å². The zero-order valence-corrected chi connectivity index (χ0v) is 12.0. The van der Waals surface area contributed by atoms with Gasteiger partial charge in [-0.05, 0) is 36.2 Å². The number of phenols is 1. The van der Waals surface area contributed by atoms with Crippen LogP contribution in [0.15, 0.2) is 53.9 Å². The van der Waals surface area contributed by atoms with Crippen LogP contribution in [0.1, 0.15) is 12.5 Å². The Bertz CT molecular complexity index is 699. The molecule has 1 N–H and O–H groups in total. The number of aryl methyl sites for hydroxylation is 1. The minimum absolute atomic E-state index is 0.278. The topological polar surface area (TPSA) is 33.1 Å². The summed E-state index contributed by atoms with van der Waals surface area (Å²) in [4.78, 5) is 4.67. The van der Waals surface area contributed by atoms with Crippen molar-refractivity contribution in [3.63, 3.8) is 0 Å². The van der Waals surface area contributed by atoms with Gasteiger partial charge in [-0.25, -0.2) is 4.98 Å². The van der Waals surface area contributed by atoms with E-state index in [4.69, 9.17) is 0 Å². The summed E-state index contributed by atoms with van der Waals surface area (Å²) in [6, 6.07) is 15.7. The Kier molecular flexibility index (Phi) is 3.52. The summed E-state index contributed by atoms with van der Waals surface area (Å²) in [6.45, 7) is 2.15. The van der Waals surface area contributed by atoms with E-state index < -0.39 is 0 Å². The maximum atomic E-state index is 9.32. The second kappa shape index (κ2) is 5.47. The zero-order chi connectivity index (χ0) is 13.9. The molecule has 3 rings (SSSR count). The first kappa shape index (κ1) is 12.9. The van der Waals surface area contributed by atoms with E-state index in [0.29, 0.717) is 0 Å². The van der Waals surface area contributed by atoms with Crippen LogP contribution in [0.25, 0.3) is 21.8 Å². The van der Waals surface area contributed by atoms with Crippen molar-refractivity contribution in [2.24, 2.45) is 0 Å². The Hall–Kier alpha value is -2.13. The van der Waals surface area contributed by atoms with Crippen LogP contribution < -0.4 is 0 Å². The van der Waals surface area contributed by atoms with Crippen LogP contribution in [0, 0.1) is 0 Å². The van der Waals surface area contributed by atoms with E-state index in [2.05, 4.69) is 41.6 Å². The van der Waals surface area contributed by atoms with Gasteiger partial charge in [-0.1, -0.05) is 31.2 Å². The maximum absolute atomic E-state index is 9.32. The number of benzene rings is 2. The van der Waals surface area contributed by atoms with Crippen LogP contribution in [0.2, 0.25) is 0 Å². The fourth-order valence-corrected chi connectivity index (χ4v) is 2.89. The highest BCUT2D eigenvalue weighted by Crippen LogP contribution is 2.29. The molecular formula is C17H15NOS. The van der Waals surface area contributed by atoms with Crippen LogP contribution >= 0.6 is 11.3 Å². The molecule has 2 nitrogen and oxygen atoms in total. The molecule has 0 aliphatic rings. The molecule has 0 spiro atoms. The first-order valence-electron chi connectivity index (χ1n) is 6.60. The standard InChI is InChI=1S/C17H15NOS/c1-2-12-3-5-13(6-4-12)16-11-20-17(18-16)14-7-9-15(19)10-8-14/h3-11,19H,2H2,1H3. The molecular weight excluding hydrogens is 266 g/mol. The minimum atomic E-state index is 0.278. The number of nitrogens with zero attached hydrogens (tertiary/aromatic N) is 1. The lowest BCUT2D eigenvalue weighted by Crippen LogP contribution is -1.82. The van der Waals surface area contributed by atoms with E-state index >= 15 is 0 Å². The average molecular weight is 281 g/mol. The smallest absolute Gasteiger partial charge is 0.124 e. The van der Waals surface area contributed by atoms with Gasteiger partial charge < -0.3 is 5.11 Å². The Morgan fingerprint density at radius 2 is 1.60 bits per heavy atom. The van der Waals surface area contributed by atoms with Gasteiger partial charge in [0.05, 0.1) is 5.69 Å². The molecule has 0 fully saturated rings. The average Bonchev–Trinajstić information content (AvgIpc) is 2.98. The summed E-state index contributed by atoms with van der Waals surface area (Å²) in [5.41, 5.74) is 4.51. The van der Waals surface area contributed by atoms with Crippen molar-refractivity contribution in [2.75, 3.05) is 0 Å². The molecule has 0 radical (unpaired) electrons. The highest BCUT2D eigenvalue weighted by molar-refractivity contribution is 7.13. The third-order valence-corrected chi connectivity index (χ3v) is 4.17. The van der Waals surface area contributed by atoms with Crippen molar-refractivity contribution in [1.29, 1.82) is 0 Å². The summed E-state index contributed by atoms with van der Waals surface area (Å²) in [5, 5.41) is 12.4. The van der Waals surface area contributed by atoms with Gasteiger partial charge in [0.25, 0.3) is 0 Å². The third-order valence-electron chi connectivity index (χ3n) is 3.28. The summed E-state index contributed by atoms with van der Waals surface area (Å²) >= 11 is 1.62. The minimum Gasteiger partial charge on any atom is -0.508 e. The van der Waals surface area contributed by atoms with Crippen LogP contribution in [-0.4, -0.2) is 10.1 Å². The molecule has 0 aliphatic heterocycles. The van der Waals surface area contributed by atoms with E-state index in [9.17, 15) is 5.11 Å². The lowest BCUT2D eigenvalue weighted by molar-refractivity contribution is 0.475. The van der Waals surface area contributed by atoms with Crippen LogP contribution in [0.4, 0.5) is 0 Å². The highest BCUT2D eigenvalue weighted by Gasteiger charge is 2.06. The van der Waals surface area contributed by atoms with Gasteiger partial charge in [-0.15, -0.1) is 11.3 Å². The van der Waals surface area contributed by atoms with Crippen molar-refractivity contribution in [3.05, 3.63) is 59.5 Å². The first-order chi connectivity index (χ1) is 9.76. The normalized spacial score (nSPS) is 10.7. The predicted octanol–water partition coefficient (Wildman–Crippen LogP) is 4.75. The number of hydrogen-bond acceptors (Lipinski definition) is 3. The van der Waals surface area contributed by atoms with E-state index in [-0.39, 0.29) is 5.75 Å². The fraction of sp³-hybridized carbons (Fsp3) is 0.118. The first-order valence-corrected chi connectivity index (χ1v) is 7.48. The molecule has 0 unspecified atom stereocenters. The molecule has 100 valence electrons. The second-order valence-corrected chi connectivity index (χ2v) is 5.49. The second-order valence-electron chi connectivity index (χ2n) is 4.64. The Balaban J connectivity index is 1.91. The molecule has 0 saturated heterocycles. The van der Waals surface area contributed by atoms with E-state index in [1.807, 2.05) is 12.1 Å². The number of aromatic nitrogens is 1. The van der Waals surface area contributed by atoms with Crippen LogP contribution in [0.5, 0.6) is 5.75 Å².